The maximum Gasteiger partial charge on any atom is 0.142 e. The topological polar surface area (TPSA) is 26.0 Å². The minimum Gasteiger partial charge on any atom is -0.324 e. The lowest BCUT2D eigenvalue weighted by atomic mass is 9.92. The number of halogens is 3. The quantitative estimate of drug-likeness (QED) is 0.788. The first-order chi connectivity index (χ1) is 7.61. The molecular formula is C12H14ClF2N. The second kappa shape index (κ2) is 4.68. The van der Waals surface area contributed by atoms with E-state index in [1.54, 1.807) is 0 Å². The lowest BCUT2D eigenvalue weighted by Crippen LogP contribution is -2.21. The van der Waals surface area contributed by atoms with E-state index in [1.807, 2.05) is 0 Å². The molecule has 0 unspecified atom stereocenters. The van der Waals surface area contributed by atoms with E-state index in [9.17, 15) is 8.78 Å². The fourth-order valence-electron chi connectivity index (χ4n) is 2.40. The second-order valence-corrected chi connectivity index (χ2v) is 4.71. The molecule has 0 heterocycles. The highest BCUT2D eigenvalue weighted by Crippen LogP contribution is 2.38. The van der Waals surface area contributed by atoms with Crippen LogP contribution in [0, 0.1) is 17.6 Å². The molecule has 1 aliphatic rings. The lowest BCUT2D eigenvalue weighted by Gasteiger charge is -2.21. The highest BCUT2D eigenvalue weighted by atomic mass is 35.5. The average Bonchev–Trinajstić information content (AvgIpc) is 2.77. The van der Waals surface area contributed by atoms with Gasteiger partial charge in [-0.25, -0.2) is 8.78 Å². The van der Waals surface area contributed by atoms with Crippen molar-refractivity contribution in [3.05, 3.63) is 34.4 Å². The Hall–Kier alpha value is -0.670. The van der Waals surface area contributed by atoms with Gasteiger partial charge in [0.2, 0.25) is 0 Å². The predicted octanol–water partition coefficient (Wildman–Crippen LogP) is 3.81. The number of nitrogens with two attached hydrogens (primary N) is 1. The summed E-state index contributed by atoms with van der Waals surface area (Å²) in [4.78, 5) is 0. The van der Waals surface area contributed by atoms with Crippen LogP contribution in [0.5, 0.6) is 0 Å². The molecule has 1 fully saturated rings. The smallest absolute Gasteiger partial charge is 0.142 e. The zero-order valence-electron chi connectivity index (χ0n) is 8.85. The van der Waals surface area contributed by atoms with Crippen molar-refractivity contribution in [1.29, 1.82) is 0 Å². The molecule has 2 rings (SSSR count). The molecule has 1 aromatic carbocycles. The second-order valence-electron chi connectivity index (χ2n) is 4.33. The van der Waals surface area contributed by atoms with Gasteiger partial charge in [-0.2, -0.15) is 0 Å². The van der Waals surface area contributed by atoms with E-state index < -0.39 is 17.7 Å². The Morgan fingerprint density at radius 1 is 1.19 bits per heavy atom. The van der Waals surface area contributed by atoms with Crippen LogP contribution in [-0.4, -0.2) is 0 Å². The molecule has 0 aliphatic heterocycles. The number of rotatable bonds is 2. The van der Waals surface area contributed by atoms with E-state index >= 15 is 0 Å². The Labute approximate surface area is 98.6 Å². The molecule has 16 heavy (non-hydrogen) atoms. The van der Waals surface area contributed by atoms with Gasteiger partial charge in [0.25, 0.3) is 0 Å². The number of benzene rings is 1. The molecule has 4 heteroatoms. The number of hydrogen-bond donors (Lipinski definition) is 1. The SMILES string of the molecule is N[C@H](c1c(F)ccc(F)c1Cl)C1CCCC1. The first-order valence-corrected chi connectivity index (χ1v) is 5.88. The Balaban J connectivity index is 2.34. The van der Waals surface area contributed by atoms with E-state index in [-0.39, 0.29) is 16.5 Å². The fraction of sp³-hybridized carbons (Fsp3) is 0.500. The fourth-order valence-corrected chi connectivity index (χ4v) is 2.68. The van der Waals surface area contributed by atoms with Crippen LogP contribution in [0.2, 0.25) is 5.02 Å². The van der Waals surface area contributed by atoms with Crippen LogP contribution in [0.15, 0.2) is 12.1 Å². The van der Waals surface area contributed by atoms with Gasteiger partial charge in [0.05, 0.1) is 5.02 Å². The third-order valence-corrected chi connectivity index (χ3v) is 3.70. The van der Waals surface area contributed by atoms with Crippen LogP contribution >= 0.6 is 11.6 Å². The van der Waals surface area contributed by atoms with E-state index in [0.29, 0.717) is 0 Å². The summed E-state index contributed by atoms with van der Waals surface area (Å²) in [6, 6.07) is 1.62. The van der Waals surface area contributed by atoms with Gasteiger partial charge in [0, 0.05) is 11.6 Å². The Kier molecular flexibility index (Phi) is 3.45. The van der Waals surface area contributed by atoms with Crippen molar-refractivity contribution in [2.45, 2.75) is 31.7 Å². The predicted molar refractivity (Wildman–Crippen MR) is 60.3 cm³/mol. The van der Waals surface area contributed by atoms with Crippen molar-refractivity contribution in [1.82, 2.24) is 0 Å². The summed E-state index contributed by atoms with van der Waals surface area (Å²) in [6.07, 6.45) is 4.14. The van der Waals surface area contributed by atoms with Gasteiger partial charge in [-0.05, 0) is 30.9 Å². The molecule has 0 radical (unpaired) electrons. The van der Waals surface area contributed by atoms with Gasteiger partial charge in [0.1, 0.15) is 11.6 Å². The Morgan fingerprint density at radius 3 is 2.38 bits per heavy atom. The van der Waals surface area contributed by atoms with Gasteiger partial charge in [-0.3, -0.25) is 0 Å². The van der Waals surface area contributed by atoms with Gasteiger partial charge >= 0.3 is 0 Å². The first kappa shape index (κ1) is 11.8. The molecule has 2 N–H and O–H groups in total. The van der Waals surface area contributed by atoms with Crippen molar-refractivity contribution >= 4 is 11.6 Å². The summed E-state index contributed by atoms with van der Waals surface area (Å²) in [6.45, 7) is 0. The van der Waals surface area contributed by atoms with Crippen molar-refractivity contribution in [3.8, 4) is 0 Å². The summed E-state index contributed by atoms with van der Waals surface area (Å²) in [5.74, 6) is -0.897. The van der Waals surface area contributed by atoms with Crippen LogP contribution in [0.25, 0.3) is 0 Å². The van der Waals surface area contributed by atoms with Gasteiger partial charge in [-0.15, -0.1) is 0 Å². The van der Waals surface area contributed by atoms with Crippen molar-refractivity contribution in [2.24, 2.45) is 11.7 Å². The molecule has 1 saturated carbocycles. The van der Waals surface area contributed by atoms with Crippen LogP contribution in [-0.2, 0) is 0 Å². The third kappa shape index (κ3) is 2.06. The maximum absolute atomic E-state index is 13.6. The average molecular weight is 246 g/mol. The highest BCUT2D eigenvalue weighted by molar-refractivity contribution is 6.31. The molecule has 0 amide bonds. The molecule has 0 aromatic heterocycles. The minimum atomic E-state index is -0.605. The standard InChI is InChI=1S/C12H14ClF2N/c13-11-9(15)6-5-8(14)10(11)12(16)7-3-1-2-4-7/h5-7,12H,1-4,16H2/t12-/m0/s1. The van der Waals surface area contributed by atoms with E-state index in [2.05, 4.69) is 0 Å². The van der Waals surface area contributed by atoms with Gasteiger partial charge < -0.3 is 5.73 Å². The molecule has 1 aliphatic carbocycles. The summed E-state index contributed by atoms with van der Waals surface area (Å²) in [5.41, 5.74) is 6.11. The Morgan fingerprint density at radius 2 is 1.75 bits per heavy atom. The van der Waals surface area contributed by atoms with Crippen LogP contribution in [0.1, 0.15) is 37.3 Å². The Bertz CT molecular complexity index is 389. The zero-order chi connectivity index (χ0) is 11.7. The summed E-state index contributed by atoms with van der Waals surface area (Å²) >= 11 is 5.78. The molecule has 1 aromatic rings. The van der Waals surface area contributed by atoms with Gasteiger partial charge in [-0.1, -0.05) is 24.4 Å². The molecule has 0 spiro atoms. The normalized spacial score (nSPS) is 19.0. The molecule has 1 atom stereocenters. The van der Waals surface area contributed by atoms with E-state index in [4.69, 9.17) is 17.3 Å². The largest absolute Gasteiger partial charge is 0.324 e. The summed E-state index contributed by atoms with van der Waals surface area (Å²) in [5, 5.41) is -0.167. The summed E-state index contributed by atoms with van der Waals surface area (Å²) in [7, 11) is 0. The number of hydrogen-bond acceptors (Lipinski definition) is 1. The molecule has 1 nitrogen and oxygen atoms in total. The van der Waals surface area contributed by atoms with Crippen molar-refractivity contribution < 1.29 is 8.78 Å². The highest BCUT2D eigenvalue weighted by Gasteiger charge is 2.28. The van der Waals surface area contributed by atoms with Crippen LogP contribution in [0.3, 0.4) is 0 Å². The summed E-state index contributed by atoms with van der Waals surface area (Å²) < 4.78 is 26.9. The van der Waals surface area contributed by atoms with Crippen LogP contribution in [0.4, 0.5) is 8.78 Å². The monoisotopic (exact) mass is 245 g/mol. The molecule has 88 valence electrons. The minimum absolute atomic E-state index is 0.133. The van der Waals surface area contributed by atoms with Gasteiger partial charge in [0.15, 0.2) is 0 Å². The van der Waals surface area contributed by atoms with Crippen molar-refractivity contribution in [2.75, 3.05) is 0 Å². The first-order valence-electron chi connectivity index (χ1n) is 5.50. The van der Waals surface area contributed by atoms with Crippen molar-refractivity contribution in [3.63, 3.8) is 0 Å². The molecule has 0 bridgehead atoms. The maximum atomic E-state index is 13.6. The third-order valence-electron chi connectivity index (χ3n) is 3.32. The van der Waals surface area contributed by atoms with E-state index in [1.165, 1.54) is 0 Å². The zero-order valence-corrected chi connectivity index (χ0v) is 9.61. The molecule has 0 saturated heterocycles. The lowest BCUT2D eigenvalue weighted by molar-refractivity contribution is 0.426. The van der Waals surface area contributed by atoms with Crippen LogP contribution < -0.4 is 5.73 Å². The van der Waals surface area contributed by atoms with E-state index in [0.717, 1.165) is 37.8 Å². The molecular weight excluding hydrogens is 232 g/mol.